The van der Waals surface area contributed by atoms with Crippen LogP contribution in [0.2, 0.25) is 0 Å². The fourth-order valence-electron chi connectivity index (χ4n) is 2.51. The molecule has 10 heteroatoms. The van der Waals surface area contributed by atoms with E-state index in [2.05, 4.69) is 5.43 Å². The van der Waals surface area contributed by atoms with Gasteiger partial charge in [-0.05, 0) is 24.3 Å². The molecule has 1 aliphatic heterocycles. The SMILES string of the molecule is Cl.O=P(O)(O)O.c1ccc(C2=NN(c3ccccc3)N(c3ccccc3)N2)cc1. The number of anilines is 2. The molecule has 4 rings (SSSR count). The highest BCUT2D eigenvalue weighted by Gasteiger charge is 2.25. The number of rotatable bonds is 3. The van der Waals surface area contributed by atoms with Crippen molar-refractivity contribution in [3.05, 3.63) is 96.6 Å². The van der Waals surface area contributed by atoms with Crippen LogP contribution < -0.4 is 15.7 Å². The van der Waals surface area contributed by atoms with E-state index < -0.39 is 7.82 Å². The van der Waals surface area contributed by atoms with Crippen molar-refractivity contribution in [1.82, 2.24) is 5.43 Å². The van der Waals surface area contributed by atoms with Gasteiger partial charge in [-0.2, -0.15) is 10.2 Å². The predicted molar refractivity (Wildman–Crippen MR) is 115 cm³/mol. The summed E-state index contributed by atoms with van der Waals surface area (Å²) in [4.78, 5) is 21.6. The molecule has 0 amide bonds. The number of hydrazone groups is 1. The van der Waals surface area contributed by atoms with Crippen LogP contribution in [0.5, 0.6) is 0 Å². The van der Waals surface area contributed by atoms with Crippen LogP contribution in [-0.4, -0.2) is 20.5 Å². The first-order valence-electron chi connectivity index (χ1n) is 8.31. The Morgan fingerprint density at radius 3 is 1.62 bits per heavy atom. The highest BCUT2D eigenvalue weighted by atomic mass is 35.5. The molecule has 0 unspecified atom stereocenters. The zero-order chi connectivity index (χ0) is 20.0. The molecule has 1 aliphatic rings. The molecule has 4 N–H and O–H groups in total. The molecule has 0 spiro atoms. The summed E-state index contributed by atoms with van der Waals surface area (Å²) >= 11 is 0. The van der Waals surface area contributed by atoms with Crippen molar-refractivity contribution in [2.45, 2.75) is 0 Å². The van der Waals surface area contributed by atoms with Crippen LogP contribution in [0.4, 0.5) is 11.4 Å². The third-order valence-corrected chi connectivity index (χ3v) is 3.63. The zero-order valence-corrected chi connectivity index (χ0v) is 16.8. The van der Waals surface area contributed by atoms with Gasteiger partial charge in [0.15, 0.2) is 5.84 Å². The Hall–Kier alpha value is -2.87. The van der Waals surface area contributed by atoms with Crippen molar-refractivity contribution in [2.75, 3.05) is 10.2 Å². The molecule has 29 heavy (non-hydrogen) atoms. The molecule has 0 atom stereocenters. The molecule has 3 aromatic carbocycles. The number of halogens is 1. The molecule has 0 saturated carbocycles. The Kier molecular flexibility index (Phi) is 7.78. The van der Waals surface area contributed by atoms with Crippen molar-refractivity contribution in [3.8, 4) is 0 Å². The summed E-state index contributed by atoms with van der Waals surface area (Å²) < 4.78 is 8.88. The Morgan fingerprint density at radius 1 is 0.724 bits per heavy atom. The Balaban J connectivity index is 0.000000450. The summed E-state index contributed by atoms with van der Waals surface area (Å²) in [6.07, 6.45) is 0. The van der Waals surface area contributed by atoms with Crippen molar-refractivity contribution < 1.29 is 19.2 Å². The second-order valence-corrected chi connectivity index (χ2v) is 6.74. The molecule has 0 aliphatic carbocycles. The van der Waals surface area contributed by atoms with Gasteiger partial charge in [-0.1, -0.05) is 66.7 Å². The van der Waals surface area contributed by atoms with E-state index in [1.165, 1.54) is 0 Å². The van der Waals surface area contributed by atoms with E-state index >= 15 is 0 Å². The lowest BCUT2D eigenvalue weighted by Crippen LogP contribution is -2.44. The summed E-state index contributed by atoms with van der Waals surface area (Å²) in [7, 11) is -4.64. The van der Waals surface area contributed by atoms with Gasteiger partial charge < -0.3 is 14.7 Å². The molecule has 0 radical (unpaired) electrons. The third kappa shape index (κ3) is 6.60. The number of benzene rings is 3. The fraction of sp³-hybridized carbons (Fsp3) is 0. The molecule has 1 heterocycles. The summed E-state index contributed by atoms with van der Waals surface area (Å²) in [6, 6.07) is 30.3. The van der Waals surface area contributed by atoms with E-state index in [0.29, 0.717) is 0 Å². The minimum Gasteiger partial charge on any atom is -0.303 e. The molecule has 0 saturated heterocycles. The maximum Gasteiger partial charge on any atom is 0.466 e. The van der Waals surface area contributed by atoms with Gasteiger partial charge in [0.05, 0.1) is 11.4 Å². The van der Waals surface area contributed by atoms with Gasteiger partial charge >= 0.3 is 7.82 Å². The van der Waals surface area contributed by atoms with Gasteiger partial charge in [0, 0.05) is 5.56 Å². The molecule has 3 aromatic rings. The second kappa shape index (κ2) is 10.1. The van der Waals surface area contributed by atoms with Crippen LogP contribution in [0.15, 0.2) is 96.1 Å². The predicted octanol–water partition coefficient (Wildman–Crippen LogP) is 3.29. The van der Waals surface area contributed by atoms with Crippen molar-refractivity contribution in [2.24, 2.45) is 5.10 Å². The van der Waals surface area contributed by atoms with Gasteiger partial charge in [0.2, 0.25) is 0 Å². The number of nitrogens with one attached hydrogen (secondary N) is 1. The Bertz CT molecular complexity index is 963. The molecule has 8 nitrogen and oxygen atoms in total. The molecular weight excluding hydrogens is 415 g/mol. The minimum atomic E-state index is -4.64. The van der Waals surface area contributed by atoms with Gasteiger partial charge in [-0.15, -0.1) is 17.5 Å². The van der Waals surface area contributed by atoms with Crippen molar-refractivity contribution in [1.29, 1.82) is 0 Å². The maximum atomic E-state index is 8.88. The number of nitrogens with zero attached hydrogens (tertiary/aromatic N) is 3. The Labute approximate surface area is 174 Å². The quantitative estimate of drug-likeness (QED) is 0.468. The molecule has 0 aromatic heterocycles. The summed E-state index contributed by atoms with van der Waals surface area (Å²) in [5, 5.41) is 8.57. The topological polar surface area (TPSA) is 109 Å². The Morgan fingerprint density at radius 2 is 1.14 bits per heavy atom. The van der Waals surface area contributed by atoms with E-state index in [1.807, 2.05) is 101 Å². The molecule has 0 fully saturated rings. The van der Waals surface area contributed by atoms with Gasteiger partial charge in [-0.3, -0.25) is 5.43 Å². The van der Waals surface area contributed by atoms with E-state index in [4.69, 9.17) is 24.3 Å². The van der Waals surface area contributed by atoms with Crippen LogP contribution in [0.1, 0.15) is 5.56 Å². The monoisotopic (exact) mass is 434 g/mol. The first kappa shape index (κ1) is 22.4. The molecular formula is C19H20ClN4O4P. The number of hydrogen-bond donors (Lipinski definition) is 4. The van der Waals surface area contributed by atoms with Crippen molar-refractivity contribution in [3.63, 3.8) is 0 Å². The minimum absolute atomic E-state index is 0. The lowest BCUT2D eigenvalue weighted by atomic mass is 10.2. The summed E-state index contributed by atoms with van der Waals surface area (Å²) in [5.74, 6) is 0.818. The maximum absolute atomic E-state index is 8.88. The standard InChI is InChI=1S/C19H16N4.ClH.H3O4P/c1-4-10-16(11-5-1)19-20-22(17-12-6-2-7-13-17)23(21-19)18-14-8-3-9-15-18;;1-5(2,3)4/h1-15H,(H,20,21);1H;(H3,1,2,3,4). The fourth-order valence-corrected chi connectivity index (χ4v) is 2.51. The van der Waals surface area contributed by atoms with E-state index in [0.717, 1.165) is 22.8 Å². The second-order valence-electron chi connectivity index (χ2n) is 5.71. The summed E-state index contributed by atoms with van der Waals surface area (Å²) in [6.45, 7) is 0. The number of amidine groups is 1. The van der Waals surface area contributed by atoms with Crippen LogP contribution in [0.3, 0.4) is 0 Å². The normalized spacial score (nSPS) is 12.9. The van der Waals surface area contributed by atoms with Crippen LogP contribution >= 0.6 is 20.2 Å². The van der Waals surface area contributed by atoms with Gasteiger partial charge in [-0.25, -0.2) is 4.57 Å². The van der Waals surface area contributed by atoms with E-state index in [-0.39, 0.29) is 12.4 Å². The number of phosphoric acid groups is 1. The smallest absolute Gasteiger partial charge is 0.303 e. The van der Waals surface area contributed by atoms with Gasteiger partial charge in [0.1, 0.15) is 0 Å². The first-order valence-corrected chi connectivity index (χ1v) is 9.87. The number of hydrazine groups is 2. The zero-order valence-electron chi connectivity index (χ0n) is 15.1. The van der Waals surface area contributed by atoms with Gasteiger partial charge in [0.25, 0.3) is 0 Å². The van der Waals surface area contributed by atoms with E-state index in [9.17, 15) is 0 Å². The first-order chi connectivity index (χ1) is 13.4. The average Bonchev–Trinajstić information content (AvgIpc) is 3.14. The number of hydrogen-bond acceptors (Lipinski definition) is 5. The highest BCUT2D eigenvalue weighted by Crippen LogP contribution is 2.26. The van der Waals surface area contributed by atoms with Crippen molar-refractivity contribution >= 4 is 37.4 Å². The molecule has 152 valence electrons. The summed E-state index contributed by atoms with van der Waals surface area (Å²) in [5.41, 5.74) is 6.44. The van der Waals surface area contributed by atoms with Crippen LogP contribution in [0.25, 0.3) is 0 Å². The average molecular weight is 435 g/mol. The molecule has 0 bridgehead atoms. The lowest BCUT2D eigenvalue weighted by molar-refractivity contribution is 0.275. The lowest BCUT2D eigenvalue weighted by Gasteiger charge is -2.27. The number of para-hydroxylation sites is 2. The van der Waals surface area contributed by atoms with Crippen LogP contribution in [0, 0.1) is 0 Å². The highest BCUT2D eigenvalue weighted by molar-refractivity contribution is 7.45. The largest absolute Gasteiger partial charge is 0.466 e. The third-order valence-electron chi connectivity index (χ3n) is 3.63. The van der Waals surface area contributed by atoms with Crippen LogP contribution in [-0.2, 0) is 4.57 Å². The van der Waals surface area contributed by atoms with E-state index in [1.54, 1.807) is 0 Å².